The maximum atomic E-state index is 13.7. The van der Waals surface area contributed by atoms with Crippen LogP contribution in [0.2, 0.25) is 0 Å². The molecular weight excluding hydrogens is 283 g/mol. The Morgan fingerprint density at radius 2 is 2.24 bits per heavy atom. The Kier molecular flexibility index (Phi) is 3.39. The number of benzene rings is 1. The summed E-state index contributed by atoms with van der Waals surface area (Å²) < 4.78 is 14.5. The van der Waals surface area contributed by atoms with E-state index in [4.69, 9.17) is 0 Å². The third-order valence-electron chi connectivity index (χ3n) is 3.41. The number of rotatable bonds is 3. The molecule has 0 saturated heterocycles. The number of hydrogen-bond acceptors (Lipinski definition) is 2. The zero-order valence-corrected chi connectivity index (χ0v) is 11.3. The highest BCUT2D eigenvalue weighted by atomic mass is 79.9. The van der Waals surface area contributed by atoms with Gasteiger partial charge in [0.25, 0.3) is 0 Å². The normalized spacial score (nSPS) is 17.1. The average Bonchev–Trinajstić information content (AvgIpc) is 2.26. The van der Waals surface area contributed by atoms with Crippen LogP contribution in [-0.4, -0.2) is 13.6 Å². The molecule has 0 aliphatic heterocycles. The Labute approximate surface area is 109 Å². The zero-order valence-electron chi connectivity index (χ0n) is 9.71. The van der Waals surface area contributed by atoms with Gasteiger partial charge in [-0.1, -0.05) is 22.4 Å². The van der Waals surface area contributed by atoms with E-state index in [1.165, 1.54) is 6.07 Å². The molecule has 0 unspecified atom stereocenters. The van der Waals surface area contributed by atoms with E-state index in [0.717, 1.165) is 23.7 Å². The Morgan fingerprint density at radius 1 is 1.53 bits per heavy atom. The maximum Gasteiger partial charge on any atom is 0.146 e. The molecule has 0 bridgehead atoms. The second-order valence-corrected chi connectivity index (χ2v) is 5.61. The molecule has 1 fully saturated rings. The Hall–Kier alpha value is -1.08. The quantitative estimate of drug-likeness (QED) is 0.850. The van der Waals surface area contributed by atoms with Crippen molar-refractivity contribution >= 4 is 21.6 Å². The van der Waals surface area contributed by atoms with Crippen molar-refractivity contribution in [1.82, 2.24) is 0 Å². The van der Waals surface area contributed by atoms with Gasteiger partial charge < -0.3 is 4.90 Å². The van der Waals surface area contributed by atoms with Crippen molar-refractivity contribution in [1.29, 1.82) is 5.26 Å². The highest BCUT2D eigenvalue weighted by Crippen LogP contribution is 2.41. The summed E-state index contributed by atoms with van der Waals surface area (Å²) in [5, 5.41) is 9.18. The van der Waals surface area contributed by atoms with Crippen molar-refractivity contribution in [2.45, 2.75) is 19.3 Å². The first-order chi connectivity index (χ1) is 8.06. The molecule has 4 heteroatoms. The number of halogens is 2. The summed E-state index contributed by atoms with van der Waals surface area (Å²) in [4.78, 5) is 1.84. The molecule has 17 heavy (non-hydrogen) atoms. The molecule has 0 N–H and O–H groups in total. The summed E-state index contributed by atoms with van der Waals surface area (Å²) >= 11 is 3.33. The molecule has 1 aromatic rings. The van der Waals surface area contributed by atoms with Gasteiger partial charge in [0, 0.05) is 18.1 Å². The summed E-state index contributed by atoms with van der Waals surface area (Å²) in [5.74, 6) is -0.247. The number of nitriles is 1. The molecule has 0 radical (unpaired) electrons. The minimum Gasteiger partial charge on any atom is -0.371 e. The molecule has 2 rings (SSSR count). The van der Waals surface area contributed by atoms with Crippen LogP contribution in [0.4, 0.5) is 10.1 Å². The van der Waals surface area contributed by atoms with Gasteiger partial charge in [-0.05, 0) is 31.0 Å². The summed E-state index contributed by atoms with van der Waals surface area (Å²) in [6, 6.07) is 7.24. The minimum absolute atomic E-state index is 0.247. The molecule has 2 nitrogen and oxygen atoms in total. The molecule has 1 aliphatic carbocycles. The van der Waals surface area contributed by atoms with Crippen LogP contribution in [-0.2, 0) is 0 Å². The summed E-state index contributed by atoms with van der Waals surface area (Å²) in [6.07, 6.45) is 2.94. The topological polar surface area (TPSA) is 27.0 Å². The Balaban J connectivity index is 2.17. The standard InChI is InChI=1S/C13H14BrFN2/c1-17(9-13(8-16)5-2-6-13)12-7-10(14)3-4-11(12)15/h3-4,7H,2,5-6,9H2,1H3. The van der Waals surface area contributed by atoms with Gasteiger partial charge in [-0.25, -0.2) is 4.39 Å². The maximum absolute atomic E-state index is 13.7. The Morgan fingerprint density at radius 3 is 2.76 bits per heavy atom. The fourth-order valence-electron chi connectivity index (χ4n) is 2.23. The lowest BCUT2D eigenvalue weighted by atomic mass is 9.69. The fourth-order valence-corrected chi connectivity index (χ4v) is 2.58. The highest BCUT2D eigenvalue weighted by Gasteiger charge is 2.38. The first-order valence-corrected chi connectivity index (χ1v) is 6.43. The fraction of sp³-hybridized carbons (Fsp3) is 0.462. The van der Waals surface area contributed by atoms with Crippen molar-refractivity contribution in [3.63, 3.8) is 0 Å². The van der Waals surface area contributed by atoms with E-state index in [-0.39, 0.29) is 11.2 Å². The SMILES string of the molecule is CN(CC1(C#N)CCC1)c1cc(Br)ccc1F. The van der Waals surface area contributed by atoms with Crippen molar-refractivity contribution in [3.05, 3.63) is 28.5 Å². The van der Waals surface area contributed by atoms with Gasteiger partial charge >= 0.3 is 0 Å². The number of anilines is 1. The summed E-state index contributed by atoms with van der Waals surface area (Å²) in [6.45, 7) is 0.594. The van der Waals surface area contributed by atoms with E-state index in [2.05, 4.69) is 22.0 Å². The van der Waals surface area contributed by atoms with Crippen molar-refractivity contribution in [2.75, 3.05) is 18.5 Å². The summed E-state index contributed by atoms with van der Waals surface area (Å²) in [5.41, 5.74) is 0.268. The van der Waals surface area contributed by atoms with E-state index in [1.54, 1.807) is 12.1 Å². The molecule has 1 aliphatic rings. The van der Waals surface area contributed by atoms with E-state index >= 15 is 0 Å². The van der Waals surface area contributed by atoms with Gasteiger partial charge in [-0.3, -0.25) is 0 Å². The monoisotopic (exact) mass is 296 g/mol. The number of nitrogens with zero attached hydrogens (tertiary/aromatic N) is 2. The first kappa shape index (κ1) is 12.4. The smallest absolute Gasteiger partial charge is 0.146 e. The van der Waals surface area contributed by atoms with Gasteiger partial charge in [-0.15, -0.1) is 0 Å². The van der Waals surface area contributed by atoms with Crippen LogP contribution in [0, 0.1) is 22.6 Å². The lowest BCUT2D eigenvalue weighted by Gasteiger charge is -2.39. The van der Waals surface area contributed by atoms with E-state index in [0.29, 0.717) is 12.2 Å². The molecule has 0 amide bonds. The van der Waals surface area contributed by atoms with Crippen molar-refractivity contribution in [2.24, 2.45) is 5.41 Å². The van der Waals surface area contributed by atoms with Crippen LogP contribution in [0.3, 0.4) is 0 Å². The first-order valence-electron chi connectivity index (χ1n) is 5.64. The highest BCUT2D eigenvalue weighted by molar-refractivity contribution is 9.10. The van der Waals surface area contributed by atoms with Crippen LogP contribution >= 0.6 is 15.9 Å². The van der Waals surface area contributed by atoms with E-state index in [9.17, 15) is 9.65 Å². The molecule has 0 spiro atoms. The molecule has 1 aromatic carbocycles. The van der Waals surface area contributed by atoms with Crippen LogP contribution in [0.5, 0.6) is 0 Å². The third kappa shape index (κ3) is 2.44. The van der Waals surface area contributed by atoms with Gasteiger partial charge in [0.1, 0.15) is 5.82 Å². The van der Waals surface area contributed by atoms with E-state index < -0.39 is 0 Å². The molecule has 0 aromatic heterocycles. The van der Waals surface area contributed by atoms with Crippen LogP contribution < -0.4 is 4.90 Å². The second kappa shape index (κ2) is 4.66. The second-order valence-electron chi connectivity index (χ2n) is 4.70. The lowest BCUT2D eigenvalue weighted by Crippen LogP contribution is -2.40. The van der Waals surface area contributed by atoms with Gasteiger partial charge in [0.15, 0.2) is 0 Å². The van der Waals surface area contributed by atoms with Crippen molar-refractivity contribution in [3.8, 4) is 6.07 Å². The van der Waals surface area contributed by atoms with E-state index in [1.807, 2.05) is 11.9 Å². The van der Waals surface area contributed by atoms with Crippen LogP contribution in [0.15, 0.2) is 22.7 Å². The largest absolute Gasteiger partial charge is 0.371 e. The predicted molar refractivity (Wildman–Crippen MR) is 69.3 cm³/mol. The molecular formula is C13H14BrFN2. The van der Waals surface area contributed by atoms with Gasteiger partial charge in [0.05, 0.1) is 17.2 Å². The average molecular weight is 297 g/mol. The summed E-state index contributed by atoms with van der Waals surface area (Å²) in [7, 11) is 1.84. The van der Waals surface area contributed by atoms with Crippen molar-refractivity contribution < 1.29 is 4.39 Å². The minimum atomic E-state index is -0.274. The molecule has 1 saturated carbocycles. The van der Waals surface area contributed by atoms with Gasteiger partial charge in [0.2, 0.25) is 0 Å². The van der Waals surface area contributed by atoms with Crippen LogP contribution in [0.25, 0.3) is 0 Å². The van der Waals surface area contributed by atoms with Crippen LogP contribution in [0.1, 0.15) is 19.3 Å². The predicted octanol–water partition coefficient (Wildman–Crippen LogP) is 3.72. The number of hydrogen-bond donors (Lipinski definition) is 0. The molecule has 0 atom stereocenters. The molecule has 90 valence electrons. The lowest BCUT2D eigenvalue weighted by molar-refractivity contribution is 0.222. The zero-order chi connectivity index (χ0) is 12.5. The third-order valence-corrected chi connectivity index (χ3v) is 3.90. The van der Waals surface area contributed by atoms with Gasteiger partial charge in [-0.2, -0.15) is 5.26 Å². The molecule has 0 heterocycles. The Bertz CT molecular complexity index is 463.